The van der Waals surface area contributed by atoms with Crippen molar-refractivity contribution in [2.45, 2.75) is 51.7 Å². The van der Waals surface area contributed by atoms with Crippen LogP contribution in [0, 0.1) is 19.7 Å². The number of hydrogen-bond donors (Lipinski definition) is 0. The standard InChI is InChI=1S/C25H25ClFN5O/c1-13-7-16(8-23(33-13)17-11-28-32(4)12-17)21-10-22-25(30-15(3)14(2)29-22)24(31-21)19-6-5-18(26)9-20(19)27/h5-6,9-13,16,23H,7-8H2,1-4H3. The Kier molecular flexibility index (Phi) is 5.62. The lowest BCUT2D eigenvalue weighted by atomic mass is 9.87. The zero-order valence-electron chi connectivity index (χ0n) is 19.0. The van der Waals surface area contributed by atoms with E-state index >= 15 is 0 Å². The molecule has 5 rings (SSSR count). The molecule has 0 amide bonds. The van der Waals surface area contributed by atoms with Crippen molar-refractivity contribution >= 4 is 22.6 Å². The summed E-state index contributed by atoms with van der Waals surface area (Å²) in [4.78, 5) is 14.5. The first-order valence-electron chi connectivity index (χ1n) is 11.0. The Morgan fingerprint density at radius 3 is 2.61 bits per heavy atom. The van der Waals surface area contributed by atoms with Gasteiger partial charge in [0, 0.05) is 41.0 Å². The van der Waals surface area contributed by atoms with Gasteiger partial charge in [0.2, 0.25) is 0 Å². The predicted molar refractivity (Wildman–Crippen MR) is 126 cm³/mol. The molecule has 3 aromatic heterocycles. The molecule has 0 saturated carbocycles. The molecule has 0 aliphatic carbocycles. The lowest BCUT2D eigenvalue weighted by Gasteiger charge is -2.33. The van der Waals surface area contributed by atoms with Gasteiger partial charge in [0.25, 0.3) is 0 Å². The highest BCUT2D eigenvalue weighted by molar-refractivity contribution is 6.30. The quantitative estimate of drug-likeness (QED) is 0.379. The molecule has 1 aliphatic heterocycles. The van der Waals surface area contributed by atoms with Crippen LogP contribution in [0.25, 0.3) is 22.3 Å². The van der Waals surface area contributed by atoms with Crippen molar-refractivity contribution in [2.75, 3.05) is 0 Å². The van der Waals surface area contributed by atoms with E-state index in [2.05, 4.69) is 12.0 Å². The van der Waals surface area contributed by atoms with Crippen molar-refractivity contribution in [1.29, 1.82) is 0 Å². The molecule has 6 nitrogen and oxygen atoms in total. The third-order valence-electron chi connectivity index (χ3n) is 6.30. The zero-order valence-corrected chi connectivity index (χ0v) is 19.8. The average molecular weight is 466 g/mol. The smallest absolute Gasteiger partial charge is 0.134 e. The van der Waals surface area contributed by atoms with Crippen LogP contribution in [0.1, 0.15) is 54.4 Å². The fraction of sp³-hybridized carbons (Fsp3) is 0.360. The van der Waals surface area contributed by atoms with E-state index < -0.39 is 5.82 Å². The van der Waals surface area contributed by atoms with Gasteiger partial charge in [-0.05, 0) is 57.9 Å². The molecule has 3 atom stereocenters. The highest BCUT2D eigenvalue weighted by Crippen LogP contribution is 2.41. The highest BCUT2D eigenvalue weighted by atomic mass is 35.5. The molecule has 33 heavy (non-hydrogen) atoms. The Labute approximate surface area is 196 Å². The largest absolute Gasteiger partial charge is 0.370 e. The summed E-state index contributed by atoms with van der Waals surface area (Å²) in [5.74, 6) is -0.303. The molecular formula is C25H25ClFN5O. The van der Waals surface area contributed by atoms with Crippen molar-refractivity contribution in [1.82, 2.24) is 24.7 Å². The number of fused-ring (bicyclic) bond motifs is 1. The molecule has 0 N–H and O–H groups in total. The van der Waals surface area contributed by atoms with Crippen molar-refractivity contribution in [2.24, 2.45) is 7.05 Å². The van der Waals surface area contributed by atoms with Crippen molar-refractivity contribution in [3.05, 3.63) is 70.1 Å². The summed E-state index contributed by atoms with van der Waals surface area (Å²) in [6.07, 6.45) is 5.38. The third kappa shape index (κ3) is 4.23. The molecular weight excluding hydrogens is 441 g/mol. The average Bonchev–Trinajstić information content (AvgIpc) is 3.20. The molecule has 0 spiro atoms. The maximum absolute atomic E-state index is 15.0. The lowest BCUT2D eigenvalue weighted by molar-refractivity contribution is -0.0506. The SMILES string of the molecule is Cc1nc2cc(C3CC(C)OC(c4cnn(C)c4)C3)nc(-c3ccc(Cl)cc3F)c2nc1C. The van der Waals surface area contributed by atoms with E-state index in [1.54, 1.807) is 16.8 Å². The number of benzene rings is 1. The number of aryl methyl sites for hydroxylation is 3. The normalized spacial score (nSPS) is 21.0. The van der Waals surface area contributed by atoms with Gasteiger partial charge in [-0.2, -0.15) is 5.10 Å². The molecule has 4 heterocycles. The number of pyridine rings is 1. The second-order valence-corrected chi connectivity index (χ2v) is 9.27. The highest BCUT2D eigenvalue weighted by Gasteiger charge is 2.31. The van der Waals surface area contributed by atoms with Gasteiger partial charge in [0.15, 0.2) is 0 Å². The molecule has 4 aromatic rings. The van der Waals surface area contributed by atoms with Crippen LogP contribution in [0.5, 0.6) is 0 Å². The monoisotopic (exact) mass is 465 g/mol. The van der Waals surface area contributed by atoms with E-state index in [-0.39, 0.29) is 18.1 Å². The van der Waals surface area contributed by atoms with Gasteiger partial charge in [0.1, 0.15) is 17.0 Å². The van der Waals surface area contributed by atoms with Gasteiger partial charge in [-0.25, -0.2) is 19.3 Å². The summed E-state index contributed by atoms with van der Waals surface area (Å²) in [6, 6.07) is 6.63. The second-order valence-electron chi connectivity index (χ2n) is 8.83. The minimum Gasteiger partial charge on any atom is -0.370 e. The molecule has 170 valence electrons. The minimum absolute atomic E-state index is 0.0491. The molecule has 1 fully saturated rings. The van der Waals surface area contributed by atoms with Crippen molar-refractivity contribution < 1.29 is 9.13 Å². The van der Waals surface area contributed by atoms with Gasteiger partial charge >= 0.3 is 0 Å². The van der Waals surface area contributed by atoms with Crippen molar-refractivity contribution in [3.8, 4) is 11.3 Å². The van der Waals surface area contributed by atoms with E-state index in [1.165, 1.54) is 6.07 Å². The molecule has 0 radical (unpaired) electrons. The number of rotatable bonds is 3. The summed E-state index contributed by atoms with van der Waals surface area (Å²) in [7, 11) is 1.90. The van der Waals surface area contributed by atoms with Gasteiger partial charge in [-0.15, -0.1) is 0 Å². The molecule has 0 bridgehead atoms. The third-order valence-corrected chi connectivity index (χ3v) is 6.53. The number of aromatic nitrogens is 5. The molecule has 1 aliphatic rings. The Morgan fingerprint density at radius 1 is 1.09 bits per heavy atom. The molecule has 3 unspecified atom stereocenters. The predicted octanol–water partition coefficient (Wildman–Crippen LogP) is 5.86. The number of nitrogens with zero attached hydrogens (tertiary/aromatic N) is 5. The number of hydrogen-bond acceptors (Lipinski definition) is 5. The Balaban J connectivity index is 1.64. The summed E-state index contributed by atoms with van der Waals surface area (Å²) >= 11 is 6.00. The van der Waals surface area contributed by atoms with E-state index in [1.807, 2.05) is 39.4 Å². The van der Waals surface area contributed by atoms with Crippen LogP contribution in [0.4, 0.5) is 4.39 Å². The van der Waals surface area contributed by atoms with Gasteiger partial charge in [-0.3, -0.25) is 4.68 Å². The fourth-order valence-electron chi connectivity index (χ4n) is 4.54. The number of ether oxygens (including phenoxy) is 1. The summed E-state index contributed by atoms with van der Waals surface area (Å²) in [6.45, 7) is 5.90. The minimum atomic E-state index is -0.429. The van der Waals surface area contributed by atoms with Gasteiger partial charge < -0.3 is 4.74 Å². The zero-order chi connectivity index (χ0) is 23.3. The topological polar surface area (TPSA) is 65.7 Å². The van der Waals surface area contributed by atoms with Crippen LogP contribution in [0.2, 0.25) is 5.02 Å². The molecule has 1 aromatic carbocycles. The summed E-state index contributed by atoms with van der Waals surface area (Å²) in [5, 5.41) is 4.63. The lowest BCUT2D eigenvalue weighted by Crippen LogP contribution is -2.25. The Hall–Kier alpha value is -2.90. The van der Waals surface area contributed by atoms with E-state index in [0.29, 0.717) is 27.3 Å². The summed E-state index contributed by atoms with van der Waals surface area (Å²) < 4.78 is 23.0. The van der Waals surface area contributed by atoms with Crippen LogP contribution in [-0.2, 0) is 11.8 Å². The van der Waals surface area contributed by atoms with E-state index in [4.69, 9.17) is 31.3 Å². The fourth-order valence-corrected chi connectivity index (χ4v) is 4.70. The van der Waals surface area contributed by atoms with E-state index in [0.717, 1.165) is 35.5 Å². The Bertz CT molecular complexity index is 1350. The van der Waals surface area contributed by atoms with Crippen LogP contribution < -0.4 is 0 Å². The maximum atomic E-state index is 15.0. The summed E-state index contributed by atoms with van der Waals surface area (Å²) in [5.41, 5.74) is 5.71. The number of halogens is 2. The molecule has 8 heteroatoms. The van der Waals surface area contributed by atoms with E-state index in [9.17, 15) is 4.39 Å². The maximum Gasteiger partial charge on any atom is 0.134 e. The van der Waals surface area contributed by atoms with Crippen LogP contribution in [-0.4, -0.2) is 30.8 Å². The van der Waals surface area contributed by atoms with Gasteiger partial charge in [0.05, 0.1) is 35.3 Å². The van der Waals surface area contributed by atoms with Crippen LogP contribution >= 0.6 is 11.6 Å². The van der Waals surface area contributed by atoms with Crippen LogP contribution in [0.3, 0.4) is 0 Å². The second kappa shape index (κ2) is 8.47. The first-order valence-corrected chi connectivity index (χ1v) is 11.4. The van der Waals surface area contributed by atoms with Gasteiger partial charge in [-0.1, -0.05) is 11.6 Å². The first kappa shape index (κ1) is 21.9. The van der Waals surface area contributed by atoms with Crippen LogP contribution in [0.15, 0.2) is 36.7 Å². The molecule has 1 saturated heterocycles. The van der Waals surface area contributed by atoms with Crippen molar-refractivity contribution in [3.63, 3.8) is 0 Å². The Morgan fingerprint density at radius 2 is 1.88 bits per heavy atom. The first-order chi connectivity index (χ1) is 15.8.